The van der Waals surface area contributed by atoms with Gasteiger partial charge in [0.2, 0.25) is 0 Å². The van der Waals surface area contributed by atoms with Crippen molar-refractivity contribution in [2.45, 2.75) is 0 Å². The normalized spacial score (nSPS) is 10.7. The first-order valence-corrected chi connectivity index (χ1v) is 4.44. The number of nitrogens with zero attached hydrogens (tertiary/aromatic N) is 2. The third-order valence-corrected chi connectivity index (χ3v) is 1.99. The number of benzene rings is 1. The van der Waals surface area contributed by atoms with Gasteiger partial charge in [0.15, 0.2) is 0 Å². The highest BCUT2D eigenvalue weighted by atomic mass is 79.9. The third-order valence-electron chi connectivity index (χ3n) is 1.48. The largest absolute Gasteiger partial charge is 0.311 e. The van der Waals surface area contributed by atoms with E-state index in [1.807, 2.05) is 6.07 Å². The standard InChI is InChI=1S/C9H5BrN2O2/c10-9(12(13)14)5-7-2-1-3-8(4-7)6-11/h1-5H/b9-5+. The lowest BCUT2D eigenvalue weighted by Crippen LogP contribution is -1.89. The highest BCUT2D eigenvalue weighted by Gasteiger charge is 2.04. The zero-order chi connectivity index (χ0) is 10.6. The summed E-state index contributed by atoms with van der Waals surface area (Å²) in [6, 6.07) is 8.52. The van der Waals surface area contributed by atoms with E-state index in [0.29, 0.717) is 11.1 Å². The van der Waals surface area contributed by atoms with E-state index in [0.717, 1.165) is 0 Å². The lowest BCUT2D eigenvalue weighted by Gasteiger charge is -1.92. The van der Waals surface area contributed by atoms with Gasteiger partial charge >= 0.3 is 4.61 Å². The SMILES string of the molecule is N#Cc1cccc(/C=C(\Br)[N+](=O)[O-])c1. The van der Waals surface area contributed by atoms with Crippen LogP contribution in [0.1, 0.15) is 11.1 Å². The molecule has 0 heterocycles. The number of nitro groups is 1. The summed E-state index contributed by atoms with van der Waals surface area (Å²) < 4.78 is -0.132. The van der Waals surface area contributed by atoms with Crippen molar-refractivity contribution in [3.8, 4) is 6.07 Å². The predicted molar refractivity (Wildman–Crippen MR) is 55.1 cm³/mol. The summed E-state index contributed by atoms with van der Waals surface area (Å²) in [5, 5.41) is 18.9. The van der Waals surface area contributed by atoms with Crippen LogP contribution in [0.3, 0.4) is 0 Å². The highest BCUT2D eigenvalue weighted by Crippen LogP contribution is 2.13. The van der Waals surface area contributed by atoms with Crippen LogP contribution in [0.2, 0.25) is 0 Å². The van der Waals surface area contributed by atoms with Crippen LogP contribution >= 0.6 is 15.9 Å². The molecule has 0 radical (unpaired) electrons. The molecule has 0 bridgehead atoms. The number of hydrogen-bond donors (Lipinski definition) is 0. The minimum absolute atomic E-state index is 0.132. The summed E-state index contributed by atoms with van der Waals surface area (Å²) in [7, 11) is 0. The first-order chi connectivity index (χ1) is 6.63. The molecule has 5 heteroatoms. The molecule has 0 saturated heterocycles. The Kier molecular flexibility index (Phi) is 3.37. The predicted octanol–water partition coefficient (Wildman–Crippen LogP) is 2.53. The molecule has 1 rings (SSSR count). The average molecular weight is 253 g/mol. The topological polar surface area (TPSA) is 66.9 Å². The van der Waals surface area contributed by atoms with E-state index in [-0.39, 0.29) is 4.61 Å². The van der Waals surface area contributed by atoms with Gasteiger partial charge in [0, 0.05) is 22.0 Å². The summed E-state index contributed by atoms with van der Waals surface area (Å²) in [5.74, 6) is 0. The second kappa shape index (κ2) is 4.53. The van der Waals surface area contributed by atoms with E-state index in [4.69, 9.17) is 5.26 Å². The van der Waals surface area contributed by atoms with Crippen molar-refractivity contribution in [2.24, 2.45) is 0 Å². The van der Waals surface area contributed by atoms with Gasteiger partial charge in [-0.1, -0.05) is 12.1 Å². The first-order valence-electron chi connectivity index (χ1n) is 3.65. The fraction of sp³-hybridized carbons (Fsp3) is 0. The Morgan fingerprint density at radius 2 is 2.36 bits per heavy atom. The van der Waals surface area contributed by atoms with E-state index in [1.165, 1.54) is 6.08 Å². The lowest BCUT2D eigenvalue weighted by molar-refractivity contribution is -0.407. The fourth-order valence-corrected chi connectivity index (χ4v) is 1.15. The van der Waals surface area contributed by atoms with Gasteiger partial charge in [-0.05, 0) is 17.7 Å². The fourth-order valence-electron chi connectivity index (χ4n) is 0.888. The van der Waals surface area contributed by atoms with Gasteiger partial charge in [0.25, 0.3) is 0 Å². The van der Waals surface area contributed by atoms with Crippen molar-refractivity contribution in [1.29, 1.82) is 5.26 Å². The Morgan fingerprint density at radius 1 is 1.64 bits per heavy atom. The van der Waals surface area contributed by atoms with Gasteiger partial charge in [0.05, 0.1) is 16.6 Å². The average Bonchev–Trinajstić information content (AvgIpc) is 2.18. The molecule has 14 heavy (non-hydrogen) atoms. The van der Waals surface area contributed by atoms with Crippen molar-refractivity contribution < 1.29 is 4.92 Å². The molecule has 70 valence electrons. The lowest BCUT2D eigenvalue weighted by atomic mass is 10.1. The zero-order valence-corrected chi connectivity index (χ0v) is 8.56. The maximum absolute atomic E-state index is 10.3. The van der Waals surface area contributed by atoms with Crippen molar-refractivity contribution in [3.05, 3.63) is 50.1 Å². The second-order valence-electron chi connectivity index (χ2n) is 2.46. The molecule has 0 aliphatic rings. The van der Waals surface area contributed by atoms with Crippen molar-refractivity contribution >= 4 is 22.0 Å². The van der Waals surface area contributed by atoms with Gasteiger partial charge in [0.1, 0.15) is 0 Å². The van der Waals surface area contributed by atoms with E-state index in [9.17, 15) is 10.1 Å². The Labute approximate surface area is 88.7 Å². The minimum atomic E-state index is -0.543. The highest BCUT2D eigenvalue weighted by molar-refractivity contribution is 9.11. The van der Waals surface area contributed by atoms with Gasteiger partial charge in [-0.15, -0.1) is 0 Å². The summed E-state index contributed by atoms with van der Waals surface area (Å²) in [5.41, 5.74) is 1.09. The summed E-state index contributed by atoms with van der Waals surface area (Å²) in [4.78, 5) is 9.74. The number of hydrogen-bond acceptors (Lipinski definition) is 3. The molecule has 1 aromatic rings. The van der Waals surface area contributed by atoms with Crippen LogP contribution in [-0.4, -0.2) is 4.92 Å². The second-order valence-corrected chi connectivity index (χ2v) is 3.27. The van der Waals surface area contributed by atoms with Crippen LogP contribution in [0, 0.1) is 21.4 Å². The molecule has 4 nitrogen and oxygen atoms in total. The zero-order valence-electron chi connectivity index (χ0n) is 6.98. The summed E-state index contributed by atoms with van der Waals surface area (Å²) >= 11 is 2.80. The smallest absolute Gasteiger partial charge is 0.258 e. The molecule has 0 fully saturated rings. The molecule has 0 aliphatic carbocycles. The molecule has 1 aromatic carbocycles. The van der Waals surface area contributed by atoms with Gasteiger partial charge in [-0.3, -0.25) is 10.1 Å². The van der Waals surface area contributed by atoms with E-state index in [1.54, 1.807) is 24.3 Å². The molecule has 0 saturated carbocycles. The van der Waals surface area contributed by atoms with Gasteiger partial charge in [-0.25, -0.2) is 0 Å². The molecule has 0 aromatic heterocycles. The third kappa shape index (κ3) is 2.68. The number of halogens is 1. The van der Waals surface area contributed by atoms with E-state index in [2.05, 4.69) is 15.9 Å². The molecule has 0 atom stereocenters. The number of rotatable bonds is 2. The summed E-state index contributed by atoms with van der Waals surface area (Å²) in [6.07, 6.45) is 1.35. The number of nitriles is 1. The van der Waals surface area contributed by atoms with Gasteiger partial charge in [-0.2, -0.15) is 5.26 Å². The van der Waals surface area contributed by atoms with Crippen LogP contribution in [0.5, 0.6) is 0 Å². The minimum Gasteiger partial charge on any atom is -0.258 e. The van der Waals surface area contributed by atoms with Crippen LogP contribution in [0.25, 0.3) is 6.08 Å². The van der Waals surface area contributed by atoms with E-state index < -0.39 is 4.92 Å². The Morgan fingerprint density at radius 3 is 2.93 bits per heavy atom. The molecule has 0 aliphatic heterocycles. The molecule has 0 N–H and O–H groups in total. The van der Waals surface area contributed by atoms with Gasteiger partial charge < -0.3 is 0 Å². The van der Waals surface area contributed by atoms with Crippen LogP contribution < -0.4 is 0 Å². The van der Waals surface area contributed by atoms with Crippen LogP contribution in [-0.2, 0) is 0 Å². The molecule has 0 amide bonds. The maximum Gasteiger partial charge on any atom is 0.311 e. The quantitative estimate of drug-likeness (QED) is 0.462. The van der Waals surface area contributed by atoms with Crippen molar-refractivity contribution in [3.63, 3.8) is 0 Å². The van der Waals surface area contributed by atoms with Crippen LogP contribution in [0.15, 0.2) is 28.9 Å². The van der Waals surface area contributed by atoms with Crippen molar-refractivity contribution in [2.75, 3.05) is 0 Å². The molecular formula is C9H5BrN2O2. The monoisotopic (exact) mass is 252 g/mol. The molecular weight excluding hydrogens is 248 g/mol. The van der Waals surface area contributed by atoms with E-state index >= 15 is 0 Å². The van der Waals surface area contributed by atoms with Crippen molar-refractivity contribution in [1.82, 2.24) is 0 Å². The summed E-state index contributed by atoms with van der Waals surface area (Å²) in [6.45, 7) is 0. The molecule has 0 spiro atoms. The Bertz CT molecular complexity index is 435. The maximum atomic E-state index is 10.3. The Balaban J connectivity index is 3.04. The Hall–Kier alpha value is -1.67. The molecule has 0 unspecified atom stereocenters. The first kappa shape index (κ1) is 10.4. The van der Waals surface area contributed by atoms with Crippen LogP contribution in [0.4, 0.5) is 0 Å².